The van der Waals surface area contributed by atoms with E-state index in [-0.39, 0.29) is 18.7 Å². The van der Waals surface area contributed by atoms with Crippen LogP contribution in [-0.2, 0) is 0 Å². The molecule has 1 aromatic rings. The van der Waals surface area contributed by atoms with E-state index in [0.29, 0.717) is 5.69 Å². The number of urea groups is 1. The molecule has 1 aromatic carbocycles. The molecule has 0 aliphatic carbocycles. The second-order valence-electron chi connectivity index (χ2n) is 3.55. The smallest absolute Gasteiger partial charge is 0.321 e. The maximum absolute atomic E-state index is 11.7. The number of halogens is 1. The van der Waals surface area contributed by atoms with Gasteiger partial charge in [0.25, 0.3) is 0 Å². The molecule has 5 heteroatoms. The Kier molecular flexibility index (Phi) is 4.76. The third-order valence-corrected chi connectivity index (χ3v) is 3.05. The maximum atomic E-state index is 11.7. The number of nitrogens with zero attached hydrogens (tertiary/aromatic N) is 1. The first-order chi connectivity index (χ1) is 7.56. The lowest BCUT2D eigenvalue weighted by Crippen LogP contribution is -2.40. The number of aliphatic hydroxyl groups excluding tert-OH is 1. The van der Waals surface area contributed by atoms with Crippen LogP contribution in [0.3, 0.4) is 0 Å². The van der Waals surface area contributed by atoms with Gasteiger partial charge in [0.1, 0.15) is 0 Å². The van der Waals surface area contributed by atoms with Crippen LogP contribution in [0.1, 0.15) is 6.92 Å². The number of anilines is 1. The molecule has 0 aliphatic rings. The SMILES string of the molecule is CC(CO)N(C)C(=O)Nc1ccccc1Br. The lowest BCUT2D eigenvalue weighted by Gasteiger charge is -2.23. The van der Waals surface area contributed by atoms with Crippen molar-refractivity contribution in [3.63, 3.8) is 0 Å². The first-order valence-electron chi connectivity index (χ1n) is 4.95. The predicted octanol–water partition coefficient (Wildman–Crippen LogP) is 2.29. The highest BCUT2D eigenvalue weighted by atomic mass is 79.9. The Labute approximate surface area is 103 Å². The average Bonchev–Trinajstić information content (AvgIpc) is 2.30. The van der Waals surface area contributed by atoms with E-state index in [2.05, 4.69) is 21.2 Å². The number of likely N-dealkylation sites (N-methyl/N-ethyl adjacent to an activating group) is 1. The Morgan fingerprint density at radius 1 is 1.56 bits per heavy atom. The van der Waals surface area contributed by atoms with E-state index < -0.39 is 0 Å². The van der Waals surface area contributed by atoms with E-state index in [9.17, 15) is 4.79 Å². The molecule has 0 aliphatic heterocycles. The zero-order valence-electron chi connectivity index (χ0n) is 9.27. The van der Waals surface area contributed by atoms with E-state index >= 15 is 0 Å². The van der Waals surface area contributed by atoms with Crippen LogP contribution in [-0.4, -0.2) is 35.7 Å². The molecule has 1 unspecified atom stereocenters. The van der Waals surface area contributed by atoms with Crippen molar-refractivity contribution in [2.24, 2.45) is 0 Å². The number of para-hydroxylation sites is 1. The second kappa shape index (κ2) is 5.86. The quantitative estimate of drug-likeness (QED) is 0.896. The van der Waals surface area contributed by atoms with Gasteiger partial charge in [-0.25, -0.2) is 4.79 Å². The molecule has 16 heavy (non-hydrogen) atoms. The summed E-state index contributed by atoms with van der Waals surface area (Å²) in [6.45, 7) is 1.72. The first-order valence-corrected chi connectivity index (χ1v) is 5.74. The van der Waals surface area contributed by atoms with Crippen LogP contribution in [0.5, 0.6) is 0 Å². The maximum Gasteiger partial charge on any atom is 0.321 e. The van der Waals surface area contributed by atoms with Gasteiger partial charge in [-0.1, -0.05) is 12.1 Å². The van der Waals surface area contributed by atoms with Crippen LogP contribution in [0, 0.1) is 0 Å². The minimum absolute atomic E-state index is 0.0557. The Balaban J connectivity index is 2.68. The van der Waals surface area contributed by atoms with Gasteiger partial charge in [-0.2, -0.15) is 0 Å². The zero-order chi connectivity index (χ0) is 12.1. The lowest BCUT2D eigenvalue weighted by molar-refractivity contribution is 0.166. The Morgan fingerprint density at radius 2 is 2.19 bits per heavy atom. The molecule has 0 fully saturated rings. The molecule has 0 spiro atoms. The van der Waals surface area contributed by atoms with Gasteiger partial charge in [-0.05, 0) is 35.0 Å². The monoisotopic (exact) mass is 286 g/mol. The summed E-state index contributed by atoms with van der Waals surface area (Å²) in [7, 11) is 1.65. The van der Waals surface area contributed by atoms with Crippen LogP contribution in [0.4, 0.5) is 10.5 Å². The van der Waals surface area contributed by atoms with Crippen molar-refractivity contribution in [3.05, 3.63) is 28.7 Å². The summed E-state index contributed by atoms with van der Waals surface area (Å²) in [5.41, 5.74) is 0.712. The summed E-state index contributed by atoms with van der Waals surface area (Å²) in [5.74, 6) is 0. The Bertz CT molecular complexity index is 371. The number of carbonyl (C=O) groups is 1. The summed E-state index contributed by atoms with van der Waals surface area (Å²) in [6, 6.07) is 6.93. The highest BCUT2D eigenvalue weighted by molar-refractivity contribution is 9.10. The number of carbonyl (C=O) groups excluding carboxylic acids is 1. The minimum Gasteiger partial charge on any atom is -0.394 e. The van der Waals surface area contributed by atoms with Crippen molar-refractivity contribution in [3.8, 4) is 0 Å². The van der Waals surface area contributed by atoms with E-state index in [4.69, 9.17) is 5.11 Å². The van der Waals surface area contributed by atoms with E-state index in [1.807, 2.05) is 18.2 Å². The molecule has 0 aromatic heterocycles. The van der Waals surface area contributed by atoms with E-state index in [1.54, 1.807) is 20.0 Å². The number of aliphatic hydroxyl groups is 1. The van der Waals surface area contributed by atoms with Crippen molar-refractivity contribution in [1.29, 1.82) is 0 Å². The molecule has 0 heterocycles. The third-order valence-electron chi connectivity index (χ3n) is 2.36. The van der Waals surface area contributed by atoms with Gasteiger partial charge < -0.3 is 15.3 Å². The molecule has 88 valence electrons. The lowest BCUT2D eigenvalue weighted by atomic mass is 10.3. The molecular formula is C11H15BrN2O2. The third kappa shape index (κ3) is 3.21. The predicted molar refractivity (Wildman–Crippen MR) is 67.5 cm³/mol. The van der Waals surface area contributed by atoms with Gasteiger partial charge in [0, 0.05) is 11.5 Å². The molecule has 0 saturated heterocycles. The molecule has 2 N–H and O–H groups in total. The van der Waals surface area contributed by atoms with Gasteiger partial charge in [0.05, 0.1) is 18.3 Å². The normalized spacial score (nSPS) is 12.0. The number of amides is 2. The van der Waals surface area contributed by atoms with Crippen LogP contribution in [0.2, 0.25) is 0 Å². The number of benzene rings is 1. The Hall–Kier alpha value is -1.07. The molecule has 1 rings (SSSR count). The molecule has 1 atom stereocenters. The van der Waals surface area contributed by atoms with Crippen LogP contribution in [0.25, 0.3) is 0 Å². The molecular weight excluding hydrogens is 272 g/mol. The summed E-state index contributed by atoms with van der Waals surface area (Å²) in [4.78, 5) is 13.2. The van der Waals surface area contributed by atoms with Crippen molar-refractivity contribution in [1.82, 2.24) is 4.90 Å². The van der Waals surface area contributed by atoms with Gasteiger partial charge in [-0.3, -0.25) is 0 Å². The summed E-state index contributed by atoms with van der Waals surface area (Å²) in [6.07, 6.45) is 0. The number of hydrogen-bond acceptors (Lipinski definition) is 2. The highest BCUT2D eigenvalue weighted by Crippen LogP contribution is 2.21. The van der Waals surface area contributed by atoms with Crippen LogP contribution < -0.4 is 5.32 Å². The summed E-state index contributed by atoms with van der Waals surface area (Å²) < 4.78 is 0.827. The first kappa shape index (κ1) is 13.0. The van der Waals surface area contributed by atoms with Gasteiger partial charge in [-0.15, -0.1) is 0 Å². The van der Waals surface area contributed by atoms with E-state index in [0.717, 1.165) is 4.47 Å². The van der Waals surface area contributed by atoms with Crippen LogP contribution >= 0.6 is 15.9 Å². The number of hydrogen-bond donors (Lipinski definition) is 2. The molecule has 0 radical (unpaired) electrons. The van der Waals surface area contributed by atoms with Gasteiger partial charge in [0.15, 0.2) is 0 Å². The fraction of sp³-hybridized carbons (Fsp3) is 0.364. The minimum atomic E-state index is -0.242. The Morgan fingerprint density at radius 3 is 2.75 bits per heavy atom. The van der Waals surface area contributed by atoms with Crippen molar-refractivity contribution >= 4 is 27.6 Å². The number of nitrogens with one attached hydrogen (secondary N) is 1. The van der Waals surface area contributed by atoms with Crippen LogP contribution in [0.15, 0.2) is 28.7 Å². The van der Waals surface area contributed by atoms with Gasteiger partial charge in [0.2, 0.25) is 0 Å². The van der Waals surface area contributed by atoms with Gasteiger partial charge >= 0.3 is 6.03 Å². The van der Waals surface area contributed by atoms with Crippen molar-refractivity contribution in [2.75, 3.05) is 19.0 Å². The standard InChI is InChI=1S/C11H15BrN2O2/c1-8(7-15)14(2)11(16)13-10-6-4-3-5-9(10)12/h3-6,8,15H,7H2,1-2H3,(H,13,16). The fourth-order valence-electron chi connectivity index (χ4n) is 1.09. The van der Waals surface area contributed by atoms with E-state index in [1.165, 1.54) is 4.90 Å². The summed E-state index contributed by atoms with van der Waals surface area (Å²) >= 11 is 3.35. The molecule has 4 nitrogen and oxygen atoms in total. The second-order valence-corrected chi connectivity index (χ2v) is 4.41. The topological polar surface area (TPSA) is 52.6 Å². The zero-order valence-corrected chi connectivity index (χ0v) is 10.9. The average molecular weight is 287 g/mol. The van der Waals surface area contributed by atoms with Crippen molar-refractivity contribution < 1.29 is 9.90 Å². The number of rotatable bonds is 3. The molecule has 0 saturated carbocycles. The molecule has 0 bridgehead atoms. The largest absolute Gasteiger partial charge is 0.394 e. The fourth-order valence-corrected chi connectivity index (χ4v) is 1.47. The summed E-state index contributed by atoms with van der Waals surface area (Å²) in [5, 5.41) is 11.7. The van der Waals surface area contributed by atoms with Crippen molar-refractivity contribution in [2.45, 2.75) is 13.0 Å². The highest BCUT2D eigenvalue weighted by Gasteiger charge is 2.15. The molecule has 2 amide bonds.